The van der Waals surface area contributed by atoms with Crippen LogP contribution in [0.3, 0.4) is 0 Å². The standard InChI is InChI=1S/C20H33N3O3/c1-6-15-11-16(21-26-15)18(24)22(4)13-14-12-19(2)17(23(14)5)9-7-8-10-20(19,3)25/h11,14,17,25H,6-10,12-13H2,1-5H3/t14-,17-,19-,20+/m1/s1. The largest absolute Gasteiger partial charge is 0.390 e. The van der Waals surface area contributed by atoms with Crippen molar-refractivity contribution in [2.45, 2.75) is 77.0 Å². The lowest BCUT2D eigenvalue weighted by molar-refractivity contribution is -0.0754. The van der Waals surface area contributed by atoms with E-state index in [0.29, 0.717) is 18.3 Å². The Labute approximate surface area is 156 Å². The Morgan fingerprint density at radius 2 is 2.19 bits per heavy atom. The van der Waals surface area contributed by atoms with E-state index >= 15 is 0 Å². The summed E-state index contributed by atoms with van der Waals surface area (Å²) in [7, 11) is 3.97. The van der Waals surface area contributed by atoms with Gasteiger partial charge in [0.25, 0.3) is 5.91 Å². The Morgan fingerprint density at radius 3 is 2.85 bits per heavy atom. The van der Waals surface area contributed by atoms with Gasteiger partial charge in [-0.25, -0.2) is 0 Å². The highest BCUT2D eigenvalue weighted by Crippen LogP contribution is 2.52. The van der Waals surface area contributed by atoms with Crippen LogP contribution in [0.1, 0.15) is 69.1 Å². The summed E-state index contributed by atoms with van der Waals surface area (Å²) in [6.45, 7) is 6.83. The van der Waals surface area contributed by atoms with Crippen molar-refractivity contribution in [1.82, 2.24) is 15.0 Å². The second kappa shape index (κ2) is 6.97. The molecule has 3 rings (SSSR count). The number of aliphatic hydroxyl groups is 1. The van der Waals surface area contributed by atoms with E-state index in [1.54, 1.807) is 11.0 Å². The Kier molecular flexibility index (Phi) is 5.19. The van der Waals surface area contributed by atoms with Gasteiger partial charge in [0, 0.05) is 43.6 Å². The first-order valence-corrected chi connectivity index (χ1v) is 9.85. The van der Waals surface area contributed by atoms with Crippen LogP contribution in [-0.2, 0) is 6.42 Å². The number of rotatable bonds is 4. The fraction of sp³-hybridized carbons (Fsp3) is 0.800. The van der Waals surface area contributed by atoms with Crippen molar-refractivity contribution in [3.05, 3.63) is 17.5 Å². The predicted octanol–water partition coefficient (Wildman–Crippen LogP) is 2.71. The molecule has 1 aromatic rings. The molecule has 1 N–H and O–H groups in total. The lowest BCUT2D eigenvalue weighted by Gasteiger charge is -2.43. The molecule has 1 saturated carbocycles. The molecule has 6 heteroatoms. The summed E-state index contributed by atoms with van der Waals surface area (Å²) in [4.78, 5) is 16.8. The number of likely N-dealkylation sites (N-methyl/N-ethyl adjacent to an activating group) is 2. The average Bonchev–Trinajstić information content (AvgIpc) is 3.13. The first kappa shape index (κ1) is 19.4. The summed E-state index contributed by atoms with van der Waals surface area (Å²) in [5.74, 6) is 0.622. The van der Waals surface area contributed by atoms with Crippen molar-refractivity contribution in [2.75, 3.05) is 20.6 Å². The second-order valence-electron chi connectivity index (χ2n) is 8.69. The van der Waals surface area contributed by atoms with E-state index < -0.39 is 5.60 Å². The van der Waals surface area contributed by atoms with Crippen LogP contribution in [0.15, 0.2) is 10.6 Å². The molecule has 4 atom stereocenters. The zero-order chi connectivity index (χ0) is 19.1. The van der Waals surface area contributed by atoms with Crippen LogP contribution in [0.5, 0.6) is 0 Å². The minimum absolute atomic E-state index is 0.106. The quantitative estimate of drug-likeness (QED) is 0.891. The Balaban J connectivity index is 1.73. The van der Waals surface area contributed by atoms with Gasteiger partial charge in [0.2, 0.25) is 0 Å². The van der Waals surface area contributed by atoms with Crippen LogP contribution in [0.4, 0.5) is 0 Å². The van der Waals surface area contributed by atoms with Gasteiger partial charge in [-0.2, -0.15) is 0 Å². The highest BCUT2D eigenvalue weighted by molar-refractivity contribution is 5.92. The van der Waals surface area contributed by atoms with Crippen LogP contribution >= 0.6 is 0 Å². The molecule has 2 fully saturated rings. The zero-order valence-electron chi connectivity index (χ0n) is 16.8. The van der Waals surface area contributed by atoms with E-state index in [0.717, 1.165) is 44.3 Å². The van der Waals surface area contributed by atoms with Crippen molar-refractivity contribution < 1.29 is 14.4 Å². The highest BCUT2D eigenvalue weighted by atomic mass is 16.5. The van der Waals surface area contributed by atoms with Crippen LogP contribution in [0, 0.1) is 5.41 Å². The summed E-state index contributed by atoms with van der Waals surface area (Å²) < 4.78 is 5.17. The summed E-state index contributed by atoms with van der Waals surface area (Å²) >= 11 is 0. The molecule has 1 aliphatic carbocycles. The molecule has 0 bridgehead atoms. The van der Waals surface area contributed by atoms with Crippen LogP contribution in [0.2, 0.25) is 0 Å². The summed E-state index contributed by atoms with van der Waals surface area (Å²) in [6, 6.07) is 2.32. The Bertz CT molecular complexity index is 656. The number of nitrogens with zero attached hydrogens (tertiary/aromatic N) is 3. The SMILES string of the molecule is CCc1cc(C(=O)N(C)C[C@H]2C[C@]3(C)[C@@H](CCCC[C@]3(C)O)N2C)no1. The van der Waals surface area contributed by atoms with Crippen LogP contribution in [-0.4, -0.2) is 64.3 Å². The van der Waals surface area contributed by atoms with Gasteiger partial charge in [0.05, 0.1) is 5.60 Å². The van der Waals surface area contributed by atoms with E-state index in [9.17, 15) is 9.90 Å². The fourth-order valence-electron chi connectivity index (χ4n) is 5.04. The number of hydrogen-bond acceptors (Lipinski definition) is 5. The molecule has 0 aromatic carbocycles. The number of hydrogen-bond donors (Lipinski definition) is 1. The summed E-state index contributed by atoms with van der Waals surface area (Å²) in [5, 5.41) is 15.0. The zero-order valence-corrected chi connectivity index (χ0v) is 16.8. The number of aryl methyl sites for hydroxylation is 1. The van der Waals surface area contributed by atoms with Crippen molar-refractivity contribution in [3.63, 3.8) is 0 Å². The van der Waals surface area contributed by atoms with Gasteiger partial charge in [-0.1, -0.05) is 31.8 Å². The number of carbonyl (C=O) groups excluding carboxylic acids is 1. The van der Waals surface area contributed by atoms with Crippen molar-refractivity contribution in [2.24, 2.45) is 5.41 Å². The van der Waals surface area contributed by atoms with Gasteiger partial charge in [-0.05, 0) is 33.2 Å². The summed E-state index contributed by atoms with van der Waals surface area (Å²) in [5.41, 5.74) is -0.435. The van der Waals surface area contributed by atoms with E-state index in [1.807, 2.05) is 20.9 Å². The summed E-state index contributed by atoms with van der Waals surface area (Å²) in [6.07, 6.45) is 5.83. The molecule has 0 radical (unpaired) electrons. The molecule has 0 unspecified atom stereocenters. The van der Waals surface area contributed by atoms with E-state index in [2.05, 4.69) is 24.0 Å². The third kappa shape index (κ3) is 3.18. The maximum atomic E-state index is 12.7. The highest BCUT2D eigenvalue weighted by Gasteiger charge is 2.57. The van der Waals surface area contributed by atoms with Crippen molar-refractivity contribution in [1.29, 1.82) is 0 Å². The Morgan fingerprint density at radius 1 is 1.46 bits per heavy atom. The van der Waals surface area contributed by atoms with Gasteiger partial charge in [-0.15, -0.1) is 0 Å². The van der Waals surface area contributed by atoms with Crippen molar-refractivity contribution in [3.8, 4) is 0 Å². The second-order valence-corrected chi connectivity index (χ2v) is 8.69. The number of carbonyl (C=O) groups is 1. The first-order valence-electron chi connectivity index (χ1n) is 9.85. The molecule has 26 heavy (non-hydrogen) atoms. The van der Waals surface area contributed by atoms with Gasteiger partial charge in [0.1, 0.15) is 5.76 Å². The van der Waals surface area contributed by atoms with E-state index in [1.165, 1.54) is 0 Å². The third-order valence-electron chi connectivity index (χ3n) is 7.04. The smallest absolute Gasteiger partial charge is 0.275 e. The first-order chi connectivity index (χ1) is 12.2. The van der Waals surface area contributed by atoms with Crippen molar-refractivity contribution >= 4 is 5.91 Å². The fourth-order valence-corrected chi connectivity index (χ4v) is 5.04. The molecule has 1 saturated heterocycles. The number of amides is 1. The van der Waals surface area contributed by atoms with Gasteiger partial charge in [-0.3, -0.25) is 9.69 Å². The normalized spacial score (nSPS) is 35.2. The van der Waals surface area contributed by atoms with Crippen LogP contribution < -0.4 is 0 Å². The number of aromatic nitrogens is 1. The van der Waals surface area contributed by atoms with Gasteiger partial charge < -0.3 is 14.5 Å². The average molecular weight is 364 g/mol. The number of fused-ring (bicyclic) bond motifs is 1. The molecule has 146 valence electrons. The third-order valence-corrected chi connectivity index (χ3v) is 7.04. The molecule has 1 aromatic heterocycles. The molecule has 2 heterocycles. The molecular formula is C20H33N3O3. The number of likely N-dealkylation sites (tertiary alicyclic amines) is 1. The topological polar surface area (TPSA) is 69.8 Å². The monoisotopic (exact) mass is 363 g/mol. The minimum atomic E-state index is -0.665. The lowest BCUT2D eigenvalue weighted by Crippen LogP contribution is -2.50. The molecule has 6 nitrogen and oxygen atoms in total. The molecule has 1 amide bonds. The molecule has 0 spiro atoms. The maximum Gasteiger partial charge on any atom is 0.275 e. The minimum Gasteiger partial charge on any atom is -0.390 e. The molecular weight excluding hydrogens is 330 g/mol. The molecule has 2 aliphatic rings. The lowest BCUT2D eigenvalue weighted by atomic mass is 9.67. The molecule has 1 aliphatic heterocycles. The maximum absolute atomic E-state index is 12.7. The van der Waals surface area contributed by atoms with Gasteiger partial charge in [0.15, 0.2) is 5.69 Å². The Hall–Kier alpha value is -1.40. The van der Waals surface area contributed by atoms with Gasteiger partial charge >= 0.3 is 0 Å². The van der Waals surface area contributed by atoms with E-state index in [4.69, 9.17) is 4.52 Å². The predicted molar refractivity (Wildman–Crippen MR) is 100.0 cm³/mol. The van der Waals surface area contributed by atoms with Crippen LogP contribution in [0.25, 0.3) is 0 Å². The van der Waals surface area contributed by atoms with E-state index in [-0.39, 0.29) is 17.4 Å².